The summed E-state index contributed by atoms with van der Waals surface area (Å²) in [7, 11) is -0.603. The van der Waals surface area contributed by atoms with E-state index in [2.05, 4.69) is 15.9 Å². The molecule has 118 valence electrons. The molecule has 0 saturated heterocycles. The van der Waals surface area contributed by atoms with Crippen LogP contribution in [0.5, 0.6) is 0 Å². The van der Waals surface area contributed by atoms with Crippen LogP contribution in [-0.4, -0.2) is 50.7 Å². The van der Waals surface area contributed by atoms with E-state index in [4.69, 9.17) is 5.73 Å². The number of hydrogen-bond acceptors (Lipinski definition) is 4. The lowest BCUT2D eigenvalue weighted by atomic mass is 10.2. The van der Waals surface area contributed by atoms with E-state index in [9.17, 15) is 13.2 Å². The highest BCUT2D eigenvalue weighted by molar-refractivity contribution is 9.10. The lowest BCUT2D eigenvalue weighted by molar-refractivity contribution is -0.128. The second kappa shape index (κ2) is 6.76. The van der Waals surface area contributed by atoms with Crippen molar-refractivity contribution in [1.29, 1.82) is 0 Å². The van der Waals surface area contributed by atoms with E-state index in [0.29, 0.717) is 15.7 Å². The summed E-state index contributed by atoms with van der Waals surface area (Å²) >= 11 is 3.25. The first-order valence-corrected chi connectivity index (χ1v) is 8.60. The minimum absolute atomic E-state index is 0.114. The number of sulfonamides is 1. The first-order valence-electron chi connectivity index (χ1n) is 6.37. The van der Waals surface area contributed by atoms with Crippen LogP contribution in [0, 0.1) is 6.92 Å². The van der Waals surface area contributed by atoms with Gasteiger partial charge in [0.25, 0.3) is 0 Å². The highest BCUT2D eigenvalue weighted by atomic mass is 79.9. The fourth-order valence-corrected chi connectivity index (χ4v) is 4.05. The van der Waals surface area contributed by atoms with Crippen LogP contribution in [0.15, 0.2) is 21.5 Å². The molecular formula is C13H20BrN3O3S. The van der Waals surface area contributed by atoms with Crippen molar-refractivity contribution in [2.75, 3.05) is 32.9 Å². The number of anilines is 1. The predicted molar refractivity (Wildman–Crippen MR) is 86.4 cm³/mol. The van der Waals surface area contributed by atoms with E-state index < -0.39 is 10.0 Å². The summed E-state index contributed by atoms with van der Waals surface area (Å²) in [5.74, 6) is -0.277. The lowest BCUT2D eigenvalue weighted by Gasteiger charge is -2.23. The summed E-state index contributed by atoms with van der Waals surface area (Å²) in [6.07, 6.45) is 0. The Morgan fingerprint density at radius 2 is 1.90 bits per heavy atom. The Morgan fingerprint density at radius 3 is 2.38 bits per heavy atom. The van der Waals surface area contributed by atoms with Crippen molar-refractivity contribution in [3.63, 3.8) is 0 Å². The zero-order valence-electron chi connectivity index (χ0n) is 12.6. The number of benzene rings is 1. The van der Waals surface area contributed by atoms with Gasteiger partial charge in [-0.3, -0.25) is 4.79 Å². The first-order chi connectivity index (χ1) is 9.61. The Bertz CT molecular complexity index is 644. The summed E-state index contributed by atoms with van der Waals surface area (Å²) < 4.78 is 27.2. The van der Waals surface area contributed by atoms with Crippen LogP contribution < -0.4 is 5.73 Å². The zero-order valence-corrected chi connectivity index (χ0v) is 15.0. The third-order valence-electron chi connectivity index (χ3n) is 3.15. The topological polar surface area (TPSA) is 83.7 Å². The van der Waals surface area contributed by atoms with E-state index in [1.807, 2.05) is 0 Å². The molecule has 1 aromatic carbocycles. The Kier molecular flexibility index (Phi) is 5.77. The number of carbonyl (C=O) groups is 1. The van der Waals surface area contributed by atoms with Gasteiger partial charge in [-0.2, -0.15) is 4.31 Å². The minimum atomic E-state index is -3.78. The molecule has 2 N–H and O–H groups in total. The van der Waals surface area contributed by atoms with Gasteiger partial charge in [0, 0.05) is 30.8 Å². The molecule has 1 amide bonds. The van der Waals surface area contributed by atoms with Gasteiger partial charge in [0.15, 0.2) is 0 Å². The van der Waals surface area contributed by atoms with Crippen molar-refractivity contribution < 1.29 is 13.2 Å². The van der Waals surface area contributed by atoms with Gasteiger partial charge in [-0.1, -0.05) is 22.9 Å². The maximum absolute atomic E-state index is 12.7. The second-order valence-electron chi connectivity index (χ2n) is 4.84. The smallest absolute Gasteiger partial charge is 0.243 e. The van der Waals surface area contributed by atoms with Crippen molar-refractivity contribution in [2.24, 2.45) is 0 Å². The Balaban J connectivity index is 3.29. The number of nitrogen functional groups attached to an aromatic ring is 1. The monoisotopic (exact) mass is 377 g/mol. The van der Waals surface area contributed by atoms with E-state index in [1.165, 1.54) is 11.0 Å². The molecule has 0 unspecified atom stereocenters. The molecule has 6 nitrogen and oxygen atoms in total. The normalized spacial score (nSPS) is 11.7. The quantitative estimate of drug-likeness (QED) is 0.786. The van der Waals surface area contributed by atoms with Gasteiger partial charge in [0.2, 0.25) is 15.9 Å². The highest BCUT2D eigenvalue weighted by Crippen LogP contribution is 2.28. The van der Waals surface area contributed by atoms with Gasteiger partial charge >= 0.3 is 0 Å². The molecule has 0 saturated carbocycles. The average molecular weight is 378 g/mol. The molecule has 0 radical (unpaired) electrons. The lowest BCUT2D eigenvalue weighted by Crippen LogP contribution is -2.40. The molecule has 0 spiro atoms. The van der Waals surface area contributed by atoms with Crippen molar-refractivity contribution in [3.05, 3.63) is 22.2 Å². The Labute approximate surface area is 134 Å². The summed E-state index contributed by atoms with van der Waals surface area (Å²) in [5.41, 5.74) is 6.69. The van der Waals surface area contributed by atoms with Gasteiger partial charge in [-0.25, -0.2) is 8.42 Å². The van der Waals surface area contributed by atoms with Gasteiger partial charge in [0.1, 0.15) is 0 Å². The largest absolute Gasteiger partial charge is 0.398 e. The number of amides is 1. The molecule has 0 bridgehead atoms. The van der Waals surface area contributed by atoms with E-state index >= 15 is 0 Å². The maximum atomic E-state index is 12.7. The van der Waals surface area contributed by atoms with Gasteiger partial charge in [-0.15, -0.1) is 0 Å². The van der Waals surface area contributed by atoms with E-state index in [0.717, 1.165) is 4.31 Å². The number of nitrogens with zero attached hydrogens (tertiary/aromatic N) is 2. The third kappa shape index (κ3) is 3.96. The van der Waals surface area contributed by atoms with Crippen LogP contribution in [-0.2, 0) is 14.8 Å². The van der Waals surface area contributed by atoms with Gasteiger partial charge in [-0.05, 0) is 24.6 Å². The maximum Gasteiger partial charge on any atom is 0.243 e. The standard InChI is InChI=1S/C13H20BrN3O3S/c1-5-17(8-13(18)16(3)4)21(19,20)12-7-10(14)6-11(15)9(12)2/h6-7H,5,8,15H2,1-4H3. The Hall–Kier alpha value is -1.12. The van der Waals surface area contributed by atoms with Crippen LogP contribution >= 0.6 is 15.9 Å². The van der Waals surface area contributed by atoms with Crippen LogP contribution in [0.2, 0.25) is 0 Å². The first kappa shape index (κ1) is 17.9. The van der Waals surface area contributed by atoms with Crippen LogP contribution in [0.4, 0.5) is 5.69 Å². The van der Waals surface area contributed by atoms with Crippen molar-refractivity contribution in [2.45, 2.75) is 18.7 Å². The molecule has 0 atom stereocenters. The average Bonchev–Trinajstić information content (AvgIpc) is 2.39. The molecule has 21 heavy (non-hydrogen) atoms. The fraction of sp³-hybridized carbons (Fsp3) is 0.462. The van der Waals surface area contributed by atoms with E-state index in [1.54, 1.807) is 34.0 Å². The summed E-state index contributed by atoms with van der Waals surface area (Å²) in [5, 5.41) is 0. The molecular weight excluding hydrogens is 358 g/mol. The number of rotatable bonds is 5. The highest BCUT2D eigenvalue weighted by Gasteiger charge is 2.28. The van der Waals surface area contributed by atoms with Gasteiger partial charge < -0.3 is 10.6 Å². The van der Waals surface area contributed by atoms with Crippen LogP contribution in [0.3, 0.4) is 0 Å². The summed E-state index contributed by atoms with van der Waals surface area (Å²) in [4.78, 5) is 13.3. The molecule has 0 aliphatic rings. The van der Waals surface area contributed by atoms with Crippen molar-refractivity contribution in [1.82, 2.24) is 9.21 Å². The van der Waals surface area contributed by atoms with Crippen LogP contribution in [0.25, 0.3) is 0 Å². The van der Waals surface area contributed by atoms with Gasteiger partial charge in [0.05, 0.1) is 11.4 Å². The Morgan fingerprint density at radius 1 is 1.33 bits per heavy atom. The van der Waals surface area contributed by atoms with Crippen LogP contribution in [0.1, 0.15) is 12.5 Å². The molecule has 0 aromatic heterocycles. The van der Waals surface area contributed by atoms with E-state index in [-0.39, 0.29) is 23.9 Å². The second-order valence-corrected chi connectivity index (χ2v) is 7.66. The number of halogens is 1. The summed E-state index contributed by atoms with van der Waals surface area (Å²) in [6.45, 7) is 3.35. The number of hydrogen-bond donors (Lipinski definition) is 1. The SMILES string of the molecule is CCN(CC(=O)N(C)C)S(=O)(=O)c1cc(Br)cc(N)c1C. The molecule has 8 heteroatoms. The predicted octanol–water partition coefficient (Wildman–Crippen LogP) is 1.44. The van der Waals surface area contributed by atoms with Crippen molar-refractivity contribution >= 4 is 37.5 Å². The number of nitrogens with two attached hydrogens (primary N) is 1. The molecule has 0 fully saturated rings. The number of carbonyl (C=O) groups excluding carboxylic acids is 1. The molecule has 1 rings (SSSR count). The molecule has 0 aliphatic heterocycles. The molecule has 1 aromatic rings. The zero-order chi connectivity index (χ0) is 16.4. The number of likely N-dealkylation sites (N-methyl/N-ethyl adjacent to an activating group) is 2. The summed E-state index contributed by atoms with van der Waals surface area (Å²) in [6, 6.07) is 3.15. The molecule has 0 heterocycles. The third-order valence-corrected chi connectivity index (χ3v) is 5.65. The minimum Gasteiger partial charge on any atom is -0.398 e. The fourth-order valence-electron chi connectivity index (χ4n) is 1.74. The molecule has 0 aliphatic carbocycles. The van der Waals surface area contributed by atoms with Crippen molar-refractivity contribution in [3.8, 4) is 0 Å².